The van der Waals surface area contributed by atoms with Gasteiger partial charge in [-0.1, -0.05) is 39.7 Å². The normalized spacial score (nSPS) is 21.2. The van der Waals surface area contributed by atoms with Crippen molar-refractivity contribution < 1.29 is 23.2 Å². The summed E-state index contributed by atoms with van der Waals surface area (Å²) in [6.07, 6.45) is 3.04. The Kier molecular flexibility index (Phi) is 8.71. The van der Waals surface area contributed by atoms with Crippen LogP contribution in [0.25, 0.3) is 0 Å². The number of carbonyl (C=O) groups excluding carboxylic acids is 3. The van der Waals surface area contributed by atoms with E-state index in [2.05, 4.69) is 29.8 Å². The van der Waals surface area contributed by atoms with Crippen LogP contribution in [0.15, 0.2) is 18.2 Å². The number of anilines is 1. The van der Waals surface area contributed by atoms with E-state index in [9.17, 15) is 23.2 Å². The molecule has 0 aromatic heterocycles. The van der Waals surface area contributed by atoms with Crippen LogP contribution in [0.2, 0.25) is 0 Å². The molecule has 3 atom stereocenters. The molecule has 4 amide bonds. The number of urea groups is 1. The fraction of sp³-hybridized carbons (Fsp3) is 0.571. The Morgan fingerprint density at radius 1 is 1.07 bits per heavy atom. The van der Waals surface area contributed by atoms with Crippen molar-refractivity contribution in [1.82, 2.24) is 15.5 Å². The van der Waals surface area contributed by atoms with Gasteiger partial charge in [-0.25, -0.2) is 13.6 Å². The zero-order valence-corrected chi connectivity index (χ0v) is 17.6. The summed E-state index contributed by atoms with van der Waals surface area (Å²) in [7, 11) is 0. The van der Waals surface area contributed by atoms with Crippen LogP contribution in [-0.4, -0.2) is 48.4 Å². The van der Waals surface area contributed by atoms with Crippen LogP contribution in [0, 0.1) is 23.5 Å². The maximum atomic E-state index is 13.7. The minimum absolute atomic E-state index is 0.0188. The van der Waals surface area contributed by atoms with Gasteiger partial charge in [0.05, 0.1) is 13.1 Å². The van der Waals surface area contributed by atoms with E-state index < -0.39 is 35.2 Å². The van der Waals surface area contributed by atoms with E-state index in [0.29, 0.717) is 18.4 Å². The van der Waals surface area contributed by atoms with Gasteiger partial charge < -0.3 is 10.6 Å². The summed E-state index contributed by atoms with van der Waals surface area (Å²) in [5.74, 6) is -2.15. The highest BCUT2D eigenvalue weighted by atomic mass is 19.1. The molecule has 166 valence electrons. The number of imide groups is 1. The molecule has 0 heterocycles. The number of carbonyl (C=O) groups is 3. The van der Waals surface area contributed by atoms with Gasteiger partial charge in [-0.2, -0.15) is 0 Å². The van der Waals surface area contributed by atoms with E-state index in [-0.39, 0.29) is 19.1 Å². The Morgan fingerprint density at radius 3 is 2.33 bits per heavy atom. The van der Waals surface area contributed by atoms with E-state index >= 15 is 0 Å². The number of nitrogens with one attached hydrogen (secondary N) is 3. The van der Waals surface area contributed by atoms with E-state index in [1.165, 1.54) is 11.0 Å². The van der Waals surface area contributed by atoms with Crippen molar-refractivity contribution in [3.05, 3.63) is 29.8 Å². The first-order valence-electron chi connectivity index (χ1n) is 10.3. The summed E-state index contributed by atoms with van der Waals surface area (Å²) in [4.78, 5) is 37.9. The molecule has 3 N–H and O–H groups in total. The molecule has 0 unspecified atom stereocenters. The second kappa shape index (κ2) is 11.0. The van der Waals surface area contributed by atoms with Crippen LogP contribution in [0.4, 0.5) is 19.3 Å². The first-order valence-corrected chi connectivity index (χ1v) is 10.3. The molecule has 30 heavy (non-hydrogen) atoms. The minimum Gasteiger partial charge on any atom is -0.335 e. The van der Waals surface area contributed by atoms with E-state index in [4.69, 9.17) is 0 Å². The second-order valence-electron chi connectivity index (χ2n) is 7.84. The number of para-hydroxylation sites is 1. The van der Waals surface area contributed by atoms with Gasteiger partial charge in [0.25, 0.3) is 0 Å². The molecular formula is C21H30F2N4O3. The zero-order valence-electron chi connectivity index (χ0n) is 17.6. The fourth-order valence-corrected chi connectivity index (χ4v) is 3.64. The molecule has 9 heteroatoms. The summed E-state index contributed by atoms with van der Waals surface area (Å²) in [5, 5.41) is 7.32. The predicted molar refractivity (Wildman–Crippen MR) is 110 cm³/mol. The maximum absolute atomic E-state index is 13.7. The van der Waals surface area contributed by atoms with E-state index in [1.54, 1.807) is 6.92 Å². The first kappa shape index (κ1) is 23.7. The number of hydrogen-bond acceptors (Lipinski definition) is 4. The third kappa shape index (κ3) is 6.76. The largest absolute Gasteiger partial charge is 0.335 e. The summed E-state index contributed by atoms with van der Waals surface area (Å²) in [5.41, 5.74) is -0.529. The molecule has 0 spiro atoms. The molecule has 1 aromatic rings. The van der Waals surface area contributed by atoms with Crippen molar-refractivity contribution in [2.75, 3.05) is 25.0 Å². The standard InChI is InChI=1S/C21H30F2N4O3/c1-4-27(11-18(28)25-20-15(22)8-6-9-16(20)23)12-19(29)26-21(30)24-17-10-5-7-13(2)14(17)3/h6,8-9,13-14,17H,4-5,7,10-12H2,1-3H3,(H,25,28)(H2,24,26,29,30)/t13-,14-,17+/m0/s1. The topological polar surface area (TPSA) is 90.5 Å². The molecule has 1 aliphatic carbocycles. The number of halogens is 2. The fourth-order valence-electron chi connectivity index (χ4n) is 3.64. The quantitative estimate of drug-likeness (QED) is 0.628. The molecular weight excluding hydrogens is 394 g/mol. The van der Waals surface area contributed by atoms with Crippen molar-refractivity contribution in [3.63, 3.8) is 0 Å². The SMILES string of the molecule is CCN(CC(=O)NC(=O)N[C@@H]1CCC[C@H](C)[C@@H]1C)CC(=O)Nc1c(F)cccc1F. The lowest BCUT2D eigenvalue weighted by Crippen LogP contribution is -2.51. The zero-order chi connectivity index (χ0) is 22.3. The second-order valence-corrected chi connectivity index (χ2v) is 7.84. The van der Waals surface area contributed by atoms with Crippen molar-refractivity contribution in [1.29, 1.82) is 0 Å². The highest BCUT2D eigenvalue weighted by Gasteiger charge is 2.28. The van der Waals surface area contributed by atoms with Gasteiger partial charge in [-0.3, -0.25) is 19.8 Å². The molecule has 0 aliphatic heterocycles. The molecule has 2 rings (SSSR count). The lowest BCUT2D eigenvalue weighted by atomic mass is 9.78. The van der Waals surface area contributed by atoms with Gasteiger partial charge in [0.1, 0.15) is 17.3 Å². The summed E-state index contributed by atoms with van der Waals surface area (Å²) >= 11 is 0. The van der Waals surface area contributed by atoms with Gasteiger partial charge in [0.15, 0.2) is 0 Å². The third-order valence-electron chi connectivity index (χ3n) is 5.69. The summed E-state index contributed by atoms with van der Waals surface area (Å²) in [6, 6.07) is 2.74. The Bertz CT molecular complexity index is 754. The van der Waals surface area contributed by atoms with Crippen LogP contribution in [-0.2, 0) is 9.59 Å². The van der Waals surface area contributed by atoms with Crippen molar-refractivity contribution in [2.24, 2.45) is 11.8 Å². The number of rotatable bonds is 7. The van der Waals surface area contributed by atoms with Gasteiger partial charge in [0.2, 0.25) is 11.8 Å². The lowest BCUT2D eigenvalue weighted by molar-refractivity contribution is -0.122. The Hall–Kier alpha value is -2.55. The molecule has 7 nitrogen and oxygen atoms in total. The summed E-state index contributed by atoms with van der Waals surface area (Å²) < 4.78 is 27.3. The van der Waals surface area contributed by atoms with Crippen LogP contribution in [0.3, 0.4) is 0 Å². The molecule has 1 saturated carbocycles. The smallest absolute Gasteiger partial charge is 0.321 e. The molecule has 0 radical (unpaired) electrons. The molecule has 1 aliphatic rings. The van der Waals surface area contributed by atoms with Gasteiger partial charge in [-0.15, -0.1) is 0 Å². The number of nitrogens with zero attached hydrogens (tertiary/aromatic N) is 1. The first-order chi connectivity index (χ1) is 14.2. The Labute approximate surface area is 175 Å². The van der Waals surface area contributed by atoms with Crippen molar-refractivity contribution in [3.8, 4) is 0 Å². The summed E-state index contributed by atoms with van der Waals surface area (Å²) in [6.45, 7) is 5.85. The van der Waals surface area contributed by atoms with Gasteiger partial charge in [0, 0.05) is 6.04 Å². The van der Waals surface area contributed by atoms with Crippen LogP contribution in [0.1, 0.15) is 40.0 Å². The molecule has 1 aromatic carbocycles. The monoisotopic (exact) mass is 424 g/mol. The molecule has 1 fully saturated rings. The van der Waals surface area contributed by atoms with Crippen molar-refractivity contribution >= 4 is 23.5 Å². The lowest BCUT2D eigenvalue weighted by Gasteiger charge is -2.34. The van der Waals surface area contributed by atoms with Gasteiger partial charge in [-0.05, 0) is 36.9 Å². The highest BCUT2D eigenvalue weighted by Crippen LogP contribution is 2.29. The number of amides is 4. The van der Waals surface area contributed by atoms with E-state index in [0.717, 1.165) is 31.4 Å². The Balaban J connectivity index is 1.82. The predicted octanol–water partition coefficient (Wildman–Crippen LogP) is 2.88. The van der Waals surface area contributed by atoms with Crippen LogP contribution < -0.4 is 16.0 Å². The van der Waals surface area contributed by atoms with Crippen LogP contribution >= 0.6 is 0 Å². The Morgan fingerprint density at radius 2 is 1.70 bits per heavy atom. The number of benzene rings is 1. The highest BCUT2D eigenvalue weighted by molar-refractivity contribution is 5.96. The van der Waals surface area contributed by atoms with E-state index in [1.807, 2.05) is 0 Å². The molecule has 0 saturated heterocycles. The number of likely N-dealkylation sites (N-methyl/N-ethyl adjacent to an activating group) is 1. The minimum atomic E-state index is -0.882. The number of hydrogen-bond donors (Lipinski definition) is 3. The van der Waals surface area contributed by atoms with Crippen LogP contribution in [0.5, 0.6) is 0 Å². The third-order valence-corrected chi connectivity index (χ3v) is 5.69. The average molecular weight is 424 g/mol. The average Bonchev–Trinajstić information content (AvgIpc) is 2.67. The van der Waals surface area contributed by atoms with Gasteiger partial charge >= 0.3 is 6.03 Å². The van der Waals surface area contributed by atoms with Crippen molar-refractivity contribution in [2.45, 2.75) is 46.1 Å². The molecule has 0 bridgehead atoms. The maximum Gasteiger partial charge on any atom is 0.321 e.